The highest BCUT2D eigenvalue weighted by Crippen LogP contribution is 2.20. The Bertz CT molecular complexity index is 423. The Balaban J connectivity index is 2.01. The largest absolute Gasteiger partial charge is 0.384 e. The lowest BCUT2D eigenvalue weighted by Crippen LogP contribution is -2.24. The summed E-state index contributed by atoms with van der Waals surface area (Å²) in [6.07, 6.45) is 2.18. The van der Waals surface area contributed by atoms with Crippen LogP contribution in [0.15, 0.2) is 11.4 Å². The van der Waals surface area contributed by atoms with Gasteiger partial charge in [-0.15, -0.1) is 11.3 Å². The highest BCUT2D eigenvalue weighted by molar-refractivity contribution is 7.10. The summed E-state index contributed by atoms with van der Waals surface area (Å²) in [5, 5.41) is 13.2. The lowest BCUT2D eigenvalue weighted by atomic mass is 10.3. The third-order valence-electron chi connectivity index (χ3n) is 2.06. The van der Waals surface area contributed by atoms with Crippen LogP contribution < -0.4 is 5.32 Å². The first-order chi connectivity index (χ1) is 7.29. The van der Waals surface area contributed by atoms with Gasteiger partial charge in [-0.1, -0.05) is 11.8 Å². The smallest absolute Gasteiger partial charge is 0.252 e. The van der Waals surface area contributed by atoms with Gasteiger partial charge < -0.3 is 10.4 Å². The van der Waals surface area contributed by atoms with Crippen LogP contribution in [0.2, 0.25) is 0 Å². The van der Waals surface area contributed by atoms with Gasteiger partial charge in [-0.05, 0) is 18.9 Å². The molecule has 2 rings (SSSR count). The Hall–Kier alpha value is -1.31. The second-order valence-corrected chi connectivity index (χ2v) is 4.32. The van der Waals surface area contributed by atoms with E-state index in [1.165, 1.54) is 11.3 Å². The highest BCUT2D eigenvalue weighted by atomic mass is 32.1. The molecule has 3 nitrogen and oxygen atoms in total. The molecule has 78 valence electrons. The predicted molar refractivity (Wildman–Crippen MR) is 58.8 cm³/mol. The van der Waals surface area contributed by atoms with E-state index in [0.29, 0.717) is 11.6 Å². The summed E-state index contributed by atoms with van der Waals surface area (Å²) in [6, 6.07) is 2.13. The molecule has 1 aliphatic rings. The van der Waals surface area contributed by atoms with Crippen molar-refractivity contribution in [1.29, 1.82) is 0 Å². The number of aliphatic hydroxyl groups excluding tert-OH is 1. The van der Waals surface area contributed by atoms with E-state index in [0.717, 1.165) is 17.7 Å². The summed E-state index contributed by atoms with van der Waals surface area (Å²) < 4.78 is 0. The van der Waals surface area contributed by atoms with Crippen molar-refractivity contribution in [2.24, 2.45) is 0 Å². The fourth-order valence-electron chi connectivity index (χ4n) is 1.14. The summed E-state index contributed by atoms with van der Waals surface area (Å²) in [4.78, 5) is 12.4. The number of rotatable bonds is 2. The van der Waals surface area contributed by atoms with Crippen molar-refractivity contribution in [2.45, 2.75) is 18.9 Å². The third-order valence-corrected chi connectivity index (χ3v) is 2.91. The molecule has 0 bridgehead atoms. The maximum atomic E-state index is 11.6. The van der Waals surface area contributed by atoms with Gasteiger partial charge in [-0.3, -0.25) is 4.79 Å². The van der Waals surface area contributed by atoms with E-state index in [1.54, 1.807) is 11.4 Å². The maximum Gasteiger partial charge on any atom is 0.252 e. The number of carbonyl (C=O) groups excluding carboxylic acids is 1. The first-order valence-corrected chi connectivity index (χ1v) is 5.66. The van der Waals surface area contributed by atoms with Gasteiger partial charge in [-0.2, -0.15) is 0 Å². The molecule has 0 saturated heterocycles. The van der Waals surface area contributed by atoms with Crippen LogP contribution in [0.4, 0.5) is 0 Å². The molecular formula is C11H11NO2S. The molecule has 1 fully saturated rings. The Labute approximate surface area is 92.1 Å². The van der Waals surface area contributed by atoms with Crippen LogP contribution in [0, 0.1) is 11.8 Å². The molecule has 1 aromatic heterocycles. The van der Waals surface area contributed by atoms with Crippen molar-refractivity contribution in [3.8, 4) is 11.8 Å². The van der Waals surface area contributed by atoms with Gasteiger partial charge in [0.1, 0.15) is 6.61 Å². The second kappa shape index (κ2) is 4.47. The van der Waals surface area contributed by atoms with Crippen LogP contribution >= 0.6 is 11.3 Å². The maximum absolute atomic E-state index is 11.6. The SMILES string of the molecule is O=C(NC1CC1)c1csc(C#CCO)c1. The molecule has 0 aliphatic heterocycles. The van der Waals surface area contributed by atoms with Gasteiger partial charge >= 0.3 is 0 Å². The van der Waals surface area contributed by atoms with Crippen molar-refractivity contribution in [3.63, 3.8) is 0 Å². The van der Waals surface area contributed by atoms with E-state index in [2.05, 4.69) is 17.2 Å². The lowest BCUT2D eigenvalue weighted by molar-refractivity contribution is 0.0951. The first kappa shape index (κ1) is 10.2. The monoisotopic (exact) mass is 221 g/mol. The first-order valence-electron chi connectivity index (χ1n) is 4.78. The number of carbonyl (C=O) groups is 1. The molecular weight excluding hydrogens is 210 g/mol. The van der Waals surface area contributed by atoms with E-state index in [9.17, 15) is 4.79 Å². The number of thiophene rings is 1. The lowest BCUT2D eigenvalue weighted by Gasteiger charge is -1.98. The number of nitrogens with one attached hydrogen (secondary N) is 1. The molecule has 0 radical (unpaired) electrons. The summed E-state index contributed by atoms with van der Waals surface area (Å²) in [5.74, 6) is 5.31. The van der Waals surface area contributed by atoms with Crippen molar-refractivity contribution in [2.75, 3.05) is 6.61 Å². The summed E-state index contributed by atoms with van der Waals surface area (Å²) in [7, 11) is 0. The normalized spacial score (nSPS) is 14.2. The fourth-order valence-corrected chi connectivity index (χ4v) is 1.90. The van der Waals surface area contributed by atoms with Crippen molar-refractivity contribution >= 4 is 17.2 Å². The molecule has 1 saturated carbocycles. The minimum absolute atomic E-state index is 0.0224. The highest BCUT2D eigenvalue weighted by Gasteiger charge is 2.23. The Kier molecular flexibility index (Phi) is 3.05. The third kappa shape index (κ3) is 2.82. The zero-order valence-electron chi connectivity index (χ0n) is 8.12. The van der Waals surface area contributed by atoms with Gasteiger partial charge in [0.05, 0.1) is 10.4 Å². The molecule has 1 heterocycles. The van der Waals surface area contributed by atoms with E-state index in [4.69, 9.17) is 5.11 Å². The van der Waals surface area contributed by atoms with Crippen LogP contribution in [-0.2, 0) is 0 Å². The standard InChI is InChI=1S/C11H11NO2S/c13-5-1-2-10-6-8(7-15-10)11(14)12-9-3-4-9/h6-7,9,13H,3-5H2,(H,12,14). The number of hydrogen-bond acceptors (Lipinski definition) is 3. The average Bonchev–Trinajstić information content (AvgIpc) is 2.92. The summed E-state index contributed by atoms with van der Waals surface area (Å²) >= 11 is 1.42. The molecule has 1 amide bonds. The fraction of sp³-hybridized carbons (Fsp3) is 0.364. The molecule has 0 unspecified atom stereocenters. The van der Waals surface area contributed by atoms with Crippen LogP contribution in [0.5, 0.6) is 0 Å². The molecule has 2 N–H and O–H groups in total. The van der Waals surface area contributed by atoms with Crippen molar-refractivity contribution < 1.29 is 9.90 Å². The summed E-state index contributed by atoms with van der Waals surface area (Å²) in [5.41, 5.74) is 0.661. The number of aliphatic hydroxyl groups is 1. The van der Waals surface area contributed by atoms with Crippen molar-refractivity contribution in [1.82, 2.24) is 5.32 Å². The average molecular weight is 221 g/mol. The summed E-state index contributed by atoms with van der Waals surface area (Å²) in [6.45, 7) is -0.151. The number of amides is 1. The quantitative estimate of drug-likeness (QED) is 0.731. The van der Waals surface area contributed by atoms with E-state index >= 15 is 0 Å². The topological polar surface area (TPSA) is 49.3 Å². The minimum atomic E-state index is -0.151. The van der Waals surface area contributed by atoms with Crippen LogP contribution in [0.1, 0.15) is 28.1 Å². The molecule has 0 aromatic carbocycles. The molecule has 15 heavy (non-hydrogen) atoms. The Morgan fingerprint density at radius 3 is 3.13 bits per heavy atom. The Morgan fingerprint density at radius 2 is 2.47 bits per heavy atom. The predicted octanol–water partition coefficient (Wildman–Crippen LogP) is 0.984. The molecule has 1 aliphatic carbocycles. The molecule has 4 heteroatoms. The zero-order chi connectivity index (χ0) is 10.7. The van der Waals surface area contributed by atoms with Crippen LogP contribution in [-0.4, -0.2) is 23.7 Å². The van der Waals surface area contributed by atoms with E-state index < -0.39 is 0 Å². The van der Waals surface area contributed by atoms with Gasteiger partial charge in [-0.25, -0.2) is 0 Å². The molecule has 0 atom stereocenters. The van der Waals surface area contributed by atoms with Gasteiger partial charge in [0, 0.05) is 11.4 Å². The van der Waals surface area contributed by atoms with Crippen molar-refractivity contribution in [3.05, 3.63) is 21.9 Å². The minimum Gasteiger partial charge on any atom is -0.384 e. The second-order valence-electron chi connectivity index (χ2n) is 3.41. The number of hydrogen-bond donors (Lipinski definition) is 2. The molecule has 1 aromatic rings. The Morgan fingerprint density at radius 1 is 1.67 bits per heavy atom. The van der Waals surface area contributed by atoms with Gasteiger partial charge in [0.2, 0.25) is 0 Å². The zero-order valence-corrected chi connectivity index (χ0v) is 8.93. The van der Waals surface area contributed by atoms with E-state index in [1.807, 2.05) is 0 Å². The van der Waals surface area contributed by atoms with Gasteiger partial charge in [0.15, 0.2) is 0 Å². The molecule has 0 spiro atoms. The van der Waals surface area contributed by atoms with Crippen LogP contribution in [0.25, 0.3) is 0 Å². The van der Waals surface area contributed by atoms with Gasteiger partial charge in [0.25, 0.3) is 5.91 Å². The van der Waals surface area contributed by atoms with E-state index in [-0.39, 0.29) is 12.5 Å². The van der Waals surface area contributed by atoms with Crippen LogP contribution in [0.3, 0.4) is 0 Å².